The van der Waals surface area contributed by atoms with E-state index in [0.29, 0.717) is 16.9 Å². The van der Waals surface area contributed by atoms with E-state index in [9.17, 15) is 13.6 Å². The molecule has 0 saturated carbocycles. The highest BCUT2D eigenvalue weighted by molar-refractivity contribution is 5.88. The van der Waals surface area contributed by atoms with E-state index in [2.05, 4.69) is 56.3 Å². The molecule has 0 spiro atoms. The Hall–Kier alpha value is -3.44. The smallest absolute Gasteiger partial charge is 0.315 e. The minimum atomic E-state index is -3.02. The molecular formula is C26H31F2N7O2. The topological polar surface area (TPSA) is 86.7 Å². The maximum atomic E-state index is 12.9. The van der Waals surface area contributed by atoms with E-state index in [4.69, 9.17) is 9.72 Å². The number of benzene rings is 1. The van der Waals surface area contributed by atoms with Crippen LogP contribution < -0.4 is 10.2 Å². The van der Waals surface area contributed by atoms with Gasteiger partial charge in [0.15, 0.2) is 5.82 Å². The number of hydrogen-bond acceptors (Lipinski definition) is 8. The number of alkyl halides is 2. The first-order valence-electron chi connectivity index (χ1n) is 12.6. The number of pyridine rings is 1. The molecule has 2 aliphatic rings. The number of carbonyl (C=O) groups is 1. The zero-order valence-corrected chi connectivity index (χ0v) is 20.8. The van der Waals surface area contributed by atoms with Crippen LogP contribution in [-0.4, -0.2) is 102 Å². The fourth-order valence-corrected chi connectivity index (χ4v) is 4.80. The largest absolute Gasteiger partial charge is 0.373 e. The summed E-state index contributed by atoms with van der Waals surface area (Å²) in [7, 11) is 0. The summed E-state index contributed by atoms with van der Waals surface area (Å²) in [6.45, 7) is 8.17. The van der Waals surface area contributed by atoms with Gasteiger partial charge in [0.05, 0.1) is 23.9 Å². The summed E-state index contributed by atoms with van der Waals surface area (Å²) in [5.74, 6) is -0.637. The number of piperazine rings is 1. The second kappa shape index (κ2) is 11.3. The molecule has 5 rings (SSSR count). The van der Waals surface area contributed by atoms with Crippen LogP contribution in [0.5, 0.6) is 0 Å². The van der Waals surface area contributed by atoms with Gasteiger partial charge in [0.25, 0.3) is 5.91 Å². The minimum Gasteiger partial charge on any atom is -0.373 e. The second-order valence-electron chi connectivity index (χ2n) is 9.21. The van der Waals surface area contributed by atoms with Gasteiger partial charge in [-0.2, -0.15) is 8.78 Å². The molecule has 196 valence electrons. The molecule has 0 bridgehead atoms. The average molecular weight is 512 g/mol. The van der Waals surface area contributed by atoms with Crippen LogP contribution in [-0.2, 0) is 9.53 Å². The predicted octanol–water partition coefficient (Wildman–Crippen LogP) is 2.74. The number of likely N-dealkylation sites (N-methyl/N-ethyl adjacent to an activating group) is 1. The maximum absolute atomic E-state index is 12.9. The van der Waals surface area contributed by atoms with E-state index < -0.39 is 18.4 Å². The Bertz CT molecular complexity index is 1220. The third-order valence-electron chi connectivity index (χ3n) is 6.94. The van der Waals surface area contributed by atoms with Crippen LogP contribution in [0.3, 0.4) is 0 Å². The minimum absolute atomic E-state index is 0.0907. The summed E-state index contributed by atoms with van der Waals surface area (Å²) in [6, 6.07) is 10.3. The number of anilines is 2. The van der Waals surface area contributed by atoms with Crippen LogP contribution in [0.1, 0.15) is 6.92 Å². The van der Waals surface area contributed by atoms with Crippen molar-refractivity contribution < 1.29 is 18.3 Å². The number of carbonyl (C=O) groups excluding carboxylic acids is 1. The van der Waals surface area contributed by atoms with Crippen molar-refractivity contribution in [1.29, 1.82) is 0 Å². The SMILES string of the molecule is CCN1CCN(c2ccc(-c3cc4nccnc4c(NCC4CN(C(=O)C(F)F)CCO4)n3)cc2)CC1. The molecule has 0 aliphatic carbocycles. The molecule has 1 amide bonds. The lowest BCUT2D eigenvalue weighted by atomic mass is 10.1. The second-order valence-corrected chi connectivity index (χ2v) is 9.21. The summed E-state index contributed by atoms with van der Waals surface area (Å²) < 4.78 is 31.4. The van der Waals surface area contributed by atoms with Crippen molar-refractivity contribution in [3.63, 3.8) is 0 Å². The van der Waals surface area contributed by atoms with Crippen molar-refractivity contribution in [3.8, 4) is 11.3 Å². The lowest BCUT2D eigenvalue weighted by molar-refractivity contribution is -0.149. The highest BCUT2D eigenvalue weighted by Crippen LogP contribution is 2.28. The van der Waals surface area contributed by atoms with Gasteiger partial charge >= 0.3 is 6.43 Å². The number of morpholine rings is 1. The lowest BCUT2D eigenvalue weighted by Crippen LogP contribution is -2.49. The molecule has 11 heteroatoms. The summed E-state index contributed by atoms with van der Waals surface area (Å²) in [5, 5.41) is 3.25. The number of amides is 1. The Balaban J connectivity index is 1.32. The van der Waals surface area contributed by atoms with E-state index in [1.807, 2.05) is 6.07 Å². The Kier molecular flexibility index (Phi) is 7.71. The van der Waals surface area contributed by atoms with Crippen LogP contribution in [0, 0.1) is 0 Å². The van der Waals surface area contributed by atoms with E-state index in [-0.39, 0.29) is 26.2 Å². The van der Waals surface area contributed by atoms with Gasteiger partial charge in [-0.1, -0.05) is 19.1 Å². The third kappa shape index (κ3) is 5.78. The molecule has 2 fully saturated rings. The molecule has 2 saturated heterocycles. The number of hydrogen-bond donors (Lipinski definition) is 1. The molecular weight excluding hydrogens is 480 g/mol. The number of ether oxygens (including phenoxy) is 1. The number of fused-ring (bicyclic) bond motifs is 1. The average Bonchev–Trinajstić information content (AvgIpc) is 2.95. The molecule has 1 aromatic carbocycles. The van der Waals surface area contributed by atoms with Crippen molar-refractivity contribution >= 4 is 28.4 Å². The van der Waals surface area contributed by atoms with E-state index in [1.165, 1.54) is 5.69 Å². The third-order valence-corrected chi connectivity index (χ3v) is 6.94. The highest BCUT2D eigenvalue weighted by Gasteiger charge is 2.29. The summed E-state index contributed by atoms with van der Waals surface area (Å²) >= 11 is 0. The van der Waals surface area contributed by atoms with Crippen LogP contribution in [0.15, 0.2) is 42.7 Å². The fraction of sp³-hybridized carbons (Fsp3) is 0.462. The lowest BCUT2D eigenvalue weighted by Gasteiger charge is -2.35. The zero-order chi connectivity index (χ0) is 25.8. The maximum Gasteiger partial charge on any atom is 0.315 e. The number of aromatic nitrogens is 3. The fourth-order valence-electron chi connectivity index (χ4n) is 4.80. The van der Waals surface area contributed by atoms with Crippen molar-refractivity contribution in [2.45, 2.75) is 19.5 Å². The molecule has 4 heterocycles. The molecule has 2 aromatic heterocycles. The Morgan fingerprint density at radius 1 is 1.11 bits per heavy atom. The molecule has 1 atom stereocenters. The quantitative estimate of drug-likeness (QED) is 0.518. The molecule has 3 aromatic rings. The molecule has 0 radical (unpaired) electrons. The number of halogens is 2. The zero-order valence-electron chi connectivity index (χ0n) is 20.8. The molecule has 37 heavy (non-hydrogen) atoms. The van der Waals surface area contributed by atoms with Gasteiger partial charge in [-0.25, -0.2) is 9.97 Å². The summed E-state index contributed by atoms with van der Waals surface area (Å²) in [4.78, 5) is 31.4. The standard InChI is InChI=1S/C26H31F2N7O2/c1-2-33-9-11-34(12-10-33)19-5-3-18(4-6-19)21-15-22-23(30-8-7-29-22)25(32-21)31-16-20-17-35(13-14-37-20)26(36)24(27)28/h3-8,15,20,24H,2,9-14,16-17H2,1H3,(H,31,32). The van der Waals surface area contributed by atoms with Crippen molar-refractivity contribution in [1.82, 2.24) is 24.8 Å². The van der Waals surface area contributed by atoms with Gasteiger partial charge in [0, 0.05) is 69.5 Å². The van der Waals surface area contributed by atoms with Gasteiger partial charge in [-0.05, 0) is 24.7 Å². The Labute approximate surface area is 214 Å². The first-order chi connectivity index (χ1) is 18.0. The van der Waals surface area contributed by atoms with Gasteiger partial charge in [0.1, 0.15) is 5.52 Å². The molecule has 2 aliphatic heterocycles. The first kappa shape index (κ1) is 25.2. The van der Waals surface area contributed by atoms with Gasteiger partial charge in [0.2, 0.25) is 0 Å². The summed E-state index contributed by atoms with van der Waals surface area (Å²) in [5.41, 5.74) is 4.18. The normalized spacial score (nSPS) is 19.0. The predicted molar refractivity (Wildman–Crippen MR) is 138 cm³/mol. The monoisotopic (exact) mass is 511 g/mol. The van der Waals surface area contributed by atoms with Crippen LogP contribution in [0.4, 0.5) is 20.3 Å². The molecule has 1 unspecified atom stereocenters. The van der Waals surface area contributed by atoms with E-state index >= 15 is 0 Å². The first-order valence-corrected chi connectivity index (χ1v) is 12.6. The number of nitrogens with zero attached hydrogens (tertiary/aromatic N) is 6. The van der Waals surface area contributed by atoms with Crippen LogP contribution in [0.2, 0.25) is 0 Å². The van der Waals surface area contributed by atoms with Crippen LogP contribution in [0.25, 0.3) is 22.3 Å². The van der Waals surface area contributed by atoms with Crippen molar-refractivity contribution in [2.24, 2.45) is 0 Å². The van der Waals surface area contributed by atoms with Gasteiger partial charge < -0.3 is 24.8 Å². The highest BCUT2D eigenvalue weighted by atomic mass is 19.3. The van der Waals surface area contributed by atoms with E-state index in [0.717, 1.165) is 48.9 Å². The van der Waals surface area contributed by atoms with Crippen molar-refractivity contribution in [2.75, 3.05) is 69.2 Å². The summed E-state index contributed by atoms with van der Waals surface area (Å²) in [6.07, 6.45) is -0.229. The van der Waals surface area contributed by atoms with Gasteiger partial charge in [-0.3, -0.25) is 9.78 Å². The molecule has 1 N–H and O–H groups in total. The Morgan fingerprint density at radius 3 is 2.59 bits per heavy atom. The number of nitrogens with one attached hydrogen (secondary N) is 1. The number of rotatable bonds is 7. The molecule has 9 nitrogen and oxygen atoms in total. The van der Waals surface area contributed by atoms with Crippen molar-refractivity contribution in [3.05, 3.63) is 42.7 Å². The Morgan fingerprint density at radius 2 is 1.86 bits per heavy atom. The van der Waals surface area contributed by atoms with E-state index in [1.54, 1.807) is 12.4 Å². The van der Waals surface area contributed by atoms with Crippen LogP contribution >= 0.6 is 0 Å². The van der Waals surface area contributed by atoms with Gasteiger partial charge in [-0.15, -0.1) is 0 Å².